The van der Waals surface area contributed by atoms with E-state index in [2.05, 4.69) is 21.2 Å². The van der Waals surface area contributed by atoms with Gasteiger partial charge in [0.05, 0.1) is 25.1 Å². The van der Waals surface area contributed by atoms with E-state index in [0.29, 0.717) is 22.1 Å². The van der Waals surface area contributed by atoms with Gasteiger partial charge in [-0.25, -0.2) is 0 Å². The molecule has 10 nitrogen and oxygen atoms in total. The van der Waals surface area contributed by atoms with Gasteiger partial charge in [-0.1, -0.05) is 136 Å². The summed E-state index contributed by atoms with van der Waals surface area (Å²) in [5.74, 6) is -1.79. The van der Waals surface area contributed by atoms with Crippen LogP contribution >= 0.6 is 0 Å². The Balaban J connectivity index is 1.91. The number of hydrogen-bond acceptors (Lipinski definition) is 10. The molecule has 0 amide bonds. The van der Waals surface area contributed by atoms with Gasteiger partial charge in [-0.2, -0.15) is 0 Å². The van der Waals surface area contributed by atoms with Crippen molar-refractivity contribution < 1.29 is 34.4 Å². The van der Waals surface area contributed by atoms with Crippen molar-refractivity contribution in [1.29, 1.82) is 0 Å². The number of nitrogens with zero attached hydrogens (tertiary/aromatic N) is 3. The highest BCUT2D eigenvalue weighted by Crippen LogP contribution is 2.38. The van der Waals surface area contributed by atoms with Crippen LogP contribution in [0.25, 0.3) is 16.3 Å². The SMILES string of the molecule is COc1cc(C(=O)c2ccccc2)c(C(=C=C(O/N=C/C(/C=N/O)=N/O)C(=O)c2ccccc2)C(=O)c2ccccc2)c2ccccc12. The summed E-state index contributed by atoms with van der Waals surface area (Å²) >= 11 is 0. The van der Waals surface area contributed by atoms with E-state index in [-0.39, 0.29) is 33.5 Å². The molecule has 0 saturated heterocycles. The van der Waals surface area contributed by atoms with Gasteiger partial charge in [0.1, 0.15) is 11.5 Å². The average molecular weight is 638 g/mol. The summed E-state index contributed by atoms with van der Waals surface area (Å²) in [5, 5.41) is 28.5. The minimum Gasteiger partial charge on any atom is -0.496 e. The Bertz CT molecular complexity index is 2130. The van der Waals surface area contributed by atoms with E-state index in [4.69, 9.17) is 14.8 Å². The second kappa shape index (κ2) is 15.4. The summed E-state index contributed by atoms with van der Waals surface area (Å²) in [7, 11) is 1.48. The van der Waals surface area contributed by atoms with Crippen molar-refractivity contribution >= 4 is 51.8 Å². The summed E-state index contributed by atoms with van der Waals surface area (Å²) in [5.41, 5.74) is 3.51. The fraction of sp³-hybridized carbons (Fsp3) is 0.0263. The van der Waals surface area contributed by atoms with Crippen molar-refractivity contribution in [1.82, 2.24) is 0 Å². The molecule has 0 bridgehead atoms. The first-order valence-electron chi connectivity index (χ1n) is 14.5. The van der Waals surface area contributed by atoms with E-state index in [1.807, 2.05) is 0 Å². The second-order valence-electron chi connectivity index (χ2n) is 10.1. The molecule has 0 aromatic heterocycles. The molecule has 5 rings (SSSR count). The third-order valence-electron chi connectivity index (χ3n) is 7.14. The lowest BCUT2D eigenvalue weighted by Gasteiger charge is -2.17. The molecule has 5 aromatic carbocycles. The largest absolute Gasteiger partial charge is 0.496 e. The van der Waals surface area contributed by atoms with E-state index in [1.54, 1.807) is 121 Å². The third kappa shape index (κ3) is 7.15. The standard InChI is InChI=1S/C38H27N3O7/c1-47-33-21-31(36(42)25-13-5-2-6-14-25)35(30-20-12-11-19-29(30)33)32(37(43)26-15-7-3-8-16-26)22-34(38(44)27-17-9-4-10-18-27)48-40-24-28(41-46)23-39-45/h2-21,23-24,45-46H,1H3/b39-23+,40-24+,41-28+. The Morgan fingerprint density at radius 3 is 1.79 bits per heavy atom. The van der Waals surface area contributed by atoms with Crippen LogP contribution in [0.2, 0.25) is 0 Å². The van der Waals surface area contributed by atoms with Gasteiger partial charge in [0.15, 0.2) is 5.78 Å². The Morgan fingerprint density at radius 2 is 1.23 bits per heavy atom. The molecular formula is C38H27N3O7. The van der Waals surface area contributed by atoms with Crippen LogP contribution in [0.3, 0.4) is 0 Å². The number of hydrogen-bond donors (Lipinski definition) is 2. The van der Waals surface area contributed by atoms with Crippen molar-refractivity contribution in [2.24, 2.45) is 15.5 Å². The minimum absolute atomic E-state index is 0.118. The zero-order valence-corrected chi connectivity index (χ0v) is 25.5. The zero-order valence-electron chi connectivity index (χ0n) is 25.5. The smallest absolute Gasteiger partial charge is 0.248 e. The van der Waals surface area contributed by atoms with Crippen molar-refractivity contribution in [2.45, 2.75) is 0 Å². The van der Waals surface area contributed by atoms with Gasteiger partial charge in [0.2, 0.25) is 17.3 Å². The van der Waals surface area contributed by atoms with Crippen LogP contribution < -0.4 is 4.74 Å². The molecular weight excluding hydrogens is 610 g/mol. The molecule has 0 saturated carbocycles. The Kier molecular flexibility index (Phi) is 10.4. The normalized spacial score (nSPS) is 11.3. The summed E-state index contributed by atoms with van der Waals surface area (Å²) in [4.78, 5) is 48.1. The van der Waals surface area contributed by atoms with Crippen molar-refractivity contribution in [3.8, 4) is 5.75 Å². The lowest BCUT2D eigenvalue weighted by atomic mass is 9.86. The fourth-order valence-electron chi connectivity index (χ4n) is 4.90. The number of rotatable bonds is 12. The van der Waals surface area contributed by atoms with Gasteiger partial charge in [-0.3, -0.25) is 14.4 Å². The molecule has 0 atom stereocenters. The van der Waals surface area contributed by atoms with Crippen LogP contribution in [0, 0.1) is 0 Å². The summed E-state index contributed by atoms with van der Waals surface area (Å²) in [6, 6.07) is 33.6. The van der Waals surface area contributed by atoms with Gasteiger partial charge in [0, 0.05) is 33.2 Å². The molecule has 0 spiro atoms. The molecule has 0 heterocycles. The Hall–Kier alpha value is -6.90. The third-order valence-corrected chi connectivity index (χ3v) is 7.14. The van der Waals surface area contributed by atoms with E-state index in [1.165, 1.54) is 7.11 Å². The molecule has 0 unspecified atom stereocenters. The second-order valence-corrected chi connectivity index (χ2v) is 10.1. The van der Waals surface area contributed by atoms with E-state index >= 15 is 0 Å². The van der Waals surface area contributed by atoms with Crippen LogP contribution in [0.5, 0.6) is 5.75 Å². The van der Waals surface area contributed by atoms with Crippen LogP contribution in [-0.4, -0.2) is 53.0 Å². The first-order valence-corrected chi connectivity index (χ1v) is 14.5. The van der Waals surface area contributed by atoms with E-state index in [9.17, 15) is 19.6 Å². The highest BCUT2D eigenvalue weighted by atomic mass is 16.6. The maximum absolute atomic E-state index is 14.5. The molecule has 5 aromatic rings. The van der Waals surface area contributed by atoms with Crippen LogP contribution in [0.4, 0.5) is 0 Å². The van der Waals surface area contributed by atoms with Gasteiger partial charge < -0.3 is 20.0 Å². The number of carbonyl (C=O) groups excluding carboxylic acids is 3. The fourth-order valence-corrected chi connectivity index (χ4v) is 4.90. The molecule has 0 fully saturated rings. The van der Waals surface area contributed by atoms with Gasteiger partial charge >= 0.3 is 0 Å². The highest BCUT2D eigenvalue weighted by Gasteiger charge is 2.27. The summed E-state index contributed by atoms with van der Waals surface area (Å²) in [6.45, 7) is 0. The molecule has 0 aliphatic carbocycles. The molecule has 10 heteroatoms. The quantitative estimate of drug-likeness (QED) is 0.0285. The number of carbonyl (C=O) groups is 3. The monoisotopic (exact) mass is 637 g/mol. The minimum atomic E-state index is -0.696. The number of allylic oxidation sites excluding steroid dienone is 1. The summed E-state index contributed by atoms with van der Waals surface area (Å²) in [6.07, 6.45) is 1.66. The Morgan fingerprint density at radius 1 is 0.688 bits per heavy atom. The van der Waals surface area contributed by atoms with E-state index in [0.717, 1.165) is 12.4 Å². The lowest BCUT2D eigenvalue weighted by molar-refractivity contribution is 0.0926. The number of ketones is 3. The van der Waals surface area contributed by atoms with Crippen LogP contribution in [0.15, 0.2) is 148 Å². The van der Waals surface area contributed by atoms with Crippen molar-refractivity contribution in [3.05, 3.63) is 161 Å². The molecule has 0 aliphatic heterocycles. The Labute approximate surface area is 274 Å². The number of oxime groups is 3. The molecule has 48 heavy (non-hydrogen) atoms. The molecule has 0 radical (unpaired) electrons. The summed E-state index contributed by atoms with van der Waals surface area (Å²) < 4.78 is 5.69. The van der Waals surface area contributed by atoms with Crippen molar-refractivity contribution in [3.63, 3.8) is 0 Å². The average Bonchev–Trinajstić information content (AvgIpc) is 3.15. The molecule has 236 valence electrons. The number of methoxy groups -OCH3 is 1. The first kappa shape index (κ1) is 32.5. The molecule has 0 aliphatic rings. The molecule has 2 N–H and O–H groups in total. The van der Waals surface area contributed by atoms with Gasteiger partial charge in [-0.05, 0) is 11.5 Å². The van der Waals surface area contributed by atoms with E-state index < -0.39 is 23.1 Å². The van der Waals surface area contributed by atoms with Crippen LogP contribution in [0.1, 0.15) is 42.2 Å². The van der Waals surface area contributed by atoms with Gasteiger partial charge in [0.25, 0.3) is 0 Å². The number of Topliss-reactive ketones (excluding diaryl/α,β-unsaturated/α-hetero) is 2. The topological polar surface area (TPSA) is 147 Å². The predicted octanol–water partition coefficient (Wildman–Crippen LogP) is 7.00. The van der Waals surface area contributed by atoms with Crippen LogP contribution in [-0.2, 0) is 4.84 Å². The highest BCUT2D eigenvalue weighted by molar-refractivity contribution is 6.55. The number of benzene rings is 5. The number of fused-ring (bicyclic) bond motifs is 1. The maximum Gasteiger partial charge on any atom is 0.248 e. The first-order chi connectivity index (χ1) is 23.5. The number of ether oxygens (including phenoxy) is 1. The van der Waals surface area contributed by atoms with Crippen molar-refractivity contribution in [2.75, 3.05) is 7.11 Å². The maximum atomic E-state index is 14.5. The lowest BCUT2D eigenvalue weighted by Crippen LogP contribution is -2.12. The predicted molar refractivity (Wildman–Crippen MR) is 181 cm³/mol. The van der Waals surface area contributed by atoms with Gasteiger partial charge in [-0.15, -0.1) is 0 Å². The zero-order chi connectivity index (χ0) is 33.9.